The van der Waals surface area contributed by atoms with E-state index in [1.165, 1.54) is 13.0 Å². The highest BCUT2D eigenvalue weighted by molar-refractivity contribution is 9.10. The van der Waals surface area contributed by atoms with Gasteiger partial charge in [0, 0.05) is 40.9 Å². The molecule has 0 aliphatic rings. The average molecular weight is 466 g/mol. The average Bonchev–Trinajstić information content (AvgIpc) is 2.68. The Labute approximate surface area is 177 Å². The molecule has 7 nitrogen and oxygen atoms in total. The molecule has 2 atom stereocenters. The first-order chi connectivity index (χ1) is 13.8. The summed E-state index contributed by atoms with van der Waals surface area (Å²) in [6.07, 6.45) is -2.15. The quantitative estimate of drug-likeness (QED) is 0.472. The number of carbonyl (C=O) groups excluding carboxylic acids is 2. The molecule has 8 heteroatoms. The van der Waals surface area contributed by atoms with E-state index in [2.05, 4.69) is 21.2 Å². The number of ketones is 1. The number of hydrogen-bond acceptors (Lipinski definition) is 6. The Balaban J connectivity index is 2.24. The largest absolute Gasteiger partial charge is 0.508 e. The summed E-state index contributed by atoms with van der Waals surface area (Å²) in [4.78, 5) is 23.9. The van der Waals surface area contributed by atoms with Crippen LogP contribution in [0.1, 0.15) is 42.3 Å². The van der Waals surface area contributed by atoms with Crippen molar-refractivity contribution >= 4 is 33.5 Å². The first kappa shape index (κ1) is 22.9. The normalized spacial score (nSPS) is 12.8. The lowest BCUT2D eigenvalue weighted by atomic mass is 10.0. The Bertz CT molecular complexity index is 834. The van der Waals surface area contributed by atoms with E-state index in [-0.39, 0.29) is 24.6 Å². The number of hydrogen-bond donors (Lipinski definition) is 3. The predicted molar refractivity (Wildman–Crippen MR) is 112 cm³/mol. The van der Waals surface area contributed by atoms with Crippen molar-refractivity contribution in [3.63, 3.8) is 0 Å². The van der Waals surface area contributed by atoms with Crippen molar-refractivity contribution in [1.29, 1.82) is 0 Å². The van der Waals surface area contributed by atoms with Crippen LogP contribution in [0.4, 0.5) is 10.5 Å². The van der Waals surface area contributed by atoms with E-state index in [1.54, 1.807) is 43.3 Å². The van der Waals surface area contributed by atoms with Gasteiger partial charge < -0.3 is 19.7 Å². The van der Waals surface area contributed by atoms with Gasteiger partial charge in [0.15, 0.2) is 11.9 Å². The predicted octanol–water partition coefficient (Wildman–Crippen LogP) is 4.43. The van der Waals surface area contributed by atoms with Gasteiger partial charge in [-0.3, -0.25) is 10.1 Å². The second kappa shape index (κ2) is 10.9. The molecule has 3 N–H and O–H groups in total. The summed E-state index contributed by atoms with van der Waals surface area (Å²) in [6.45, 7) is 3.42. The van der Waals surface area contributed by atoms with Crippen molar-refractivity contribution < 1.29 is 29.3 Å². The van der Waals surface area contributed by atoms with E-state index >= 15 is 0 Å². The highest BCUT2D eigenvalue weighted by Crippen LogP contribution is 2.34. The number of halogens is 1. The molecule has 2 aromatic rings. The summed E-state index contributed by atoms with van der Waals surface area (Å²) in [7, 11) is 0. The summed E-state index contributed by atoms with van der Waals surface area (Å²) in [6, 6.07) is 11.2. The van der Waals surface area contributed by atoms with Gasteiger partial charge in [-0.15, -0.1) is 0 Å². The molecular weight excluding hydrogens is 442 g/mol. The van der Waals surface area contributed by atoms with Crippen molar-refractivity contribution in [3.05, 3.63) is 58.1 Å². The first-order valence-electron chi connectivity index (χ1n) is 9.15. The Morgan fingerprint density at radius 3 is 2.45 bits per heavy atom. The fourth-order valence-corrected chi connectivity index (χ4v) is 3.19. The van der Waals surface area contributed by atoms with Crippen LogP contribution in [0, 0.1) is 0 Å². The number of phenolic OH excluding ortho intramolecular Hbond substituents is 1. The molecule has 0 heterocycles. The molecule has 156 valence electrons. The van der Waals surface area contributed by atoms with Gasteiger partial charge in [-0.1, -0.05) is 15.9 Å². The van der Waals surface area contributed by atoms with Gasteiger partial charge in [0.1, 0.15) is 11.9 Å². The fourth-order valence-electron chi connectivity index (χ4n) is 2.81. The zero-order chi connectivity index (χ0) is 21.4. The highest BCUT2D eigenvalue weighted by Gasteiger charge is 2.30. The van der Waals surface area contributed by atoms with Crippen LogP contribution in [0.5, 0.6) is 5.75 Å². The molecule has 0 radical (unpaired) electrons. The number of nitrogens with one attached hydrogen (secondary N) is 1. The maximum absolute atomic E-state index is 12.5. The number of Topliss-reactive ketones (excluding diaryl/α,β-unsaturated/α-hetero) is 1. The van der Waals surface area contributed by atoms with Crippen molar-refractivity contribution in [1.82, 2.24) is 0 Å². The maximum atomic E-state index is 12.5. The minimum atomic E-state index is -0.948. The number of benzene rings is 2. The molecule has 2 rings (SSSR count). The molecule has 0 bridgehead atoms. The minimum absolute atomic E-state index is 0.0561. The van der Waals surface area contributed by atoms with E-state index in [0.29, 0.717) is 27.9 Å². The first-order valence-corrected chi connectivity index (χ1v) is 9.94. The van der Waals surface area contributed by atoms with Crippen molar-refractivity contribution in [2.45, 2.75) is 32.5 Å². The highest BCUT2D eigenvalue weighted by atomic mass is 79.9. The summed E-state index contributed by atoms with van der Waals surface area (Å²) in [5, 5.41) is 22.3. The van der Waals surface area contributed by atoms with Crippen molar-refractivity contribution in [2.75, 3.05) is 18.5 Å². The lowest BCUT2D eigenvalue weighted by Crippen LogP contribution is -2.29. The molecule has 0 fully saturated rings. The van der Waals surface area contributed by atoms with Gasteiger partial charge in [0.25, 0.3) is 0 Å². The number of aliphatic hydroxyl groups excluding tert-OH is 1. The Morgan fingerprint density at radius 1 is 1.17 bits per heavy atom. The summed E-state index contributed by atoms with van der Waals surface area (Å²) >= 11 is 3.35. The van der Waals surface area contributed by atoms with Crippen LogP contribution in [-0.4, -0.2) is 41.4 Å². The molecule has 29 heavy (non-hydrogen) atoms. The van der Waals surface area contributed by atoms with Gasteiger partial charge in [0.2, 0.25) is 0 Å². The van der Waals surface area contributed by atoms with Crippen molar-refractivity contribution in [3.8, 4) is 5.75 Å². The second-order valence-electron chi connectivity index (χ2n) is 6.29. The molecule has 0 aliphatic carbocycles. The smallest absolute Gasteiger partial charge is 0.412 e. The summed E-state index contributed by atoms with van der Waals surface area (Å²) < 4.78 is 11.9. The van der Waals surface area contributed by atoms with Crippen LogP contribution in [0.3, 0.4) is 0 Å². The maximum Gasteiger partial charge on any atom is 0.412 e. The number of anilines is 1. The zero-order valence-corrected chi connectivity index (χ0v) is 17.8. The second-order valence-corrected chi connectivity index (χ2v) is 7.21. The van der Waals surface area contributed by atoms with E-state index in [4.69, 9.17) is 9.47 Å². The molecule has 0 aromatic heterocycles. The molecule has 0 unspecified atom stereocenters. The lowest BCUT2D eigenvalue weighted by Gasteiger charge is -2.27. The minimum Gasteiger partial charge on any atom is -0.508 e. The van der Waals surface area contributed by atoms with Gasteiger partial charge in [-0.05, 0) is 56.3 Å². The Kier molecular flexibility index (Phi) is 8.63. The van der Waals surface area contributed by atoms with Crippen LogP contribution in [0.2, 0.25) is 0 Å². The van der Waals surface area contributed by atoms with E-state index in [0.717, 1.165) is 0 Å². The third-order valence-electron chi connectivity index (χ3n) is 4.20. The number of ether oxygens (including phenoxy) is 2. The van der Waals surface area contributed by atoms with Crippen LogP contribution in [-0.2, 0) is 9.47 Å². The fraction of sp³-hybridized carbons (Fsp3) is 0.333. The number of phenols is 1. The number of carbonyl (C=O) groups is 2. The molecular formula is C21H24BrNO6. The molecule has 1 amide bonds. The van der Waals surface area contributed by atoms with Gasteiger partial charge >= 0.3 is 6.09 Å². The molecule has 0 aliphatic heterocycles. The van der Waals surface area contributed by atoms with Gasteiger partial charge in [-0.25, -0.2) is 4.79 Å². The van der Waals surface area contributed by atoms with E-state index < -0.39 is 18.3 Å². The van der Waals surface area contributed by atoms with Crippen LogP contribution >= 0.6 is 15.9 Å². The third-order valence-corrected chi connectivity index (χ3v) is 4.69. The zero-order valence-electron chi connectivity index (χ0n) is 16.2. The number of aliphatic hydroxyl groups is 1. The third kappa shape index (κ3) is 6.56. The molecule has 0 saturated heterocycles. The molecule has 0 spiro atoms. The topological polar surface area (TPSA) is 105 Å². The van der Waals surface area contributed by atoms with Gasteiger partial charge in [-0.2, -0.15) is 0 Å². The standard InChI is InChI=1S/C21H24BrNO6/c1-3-28-19(10-11-24)20(17-12-15(22)6-9-18(17)26)29-21(27)23-16-7-4-14(5-8-16)13(2)25/h4-9,12,19-20,24,26H,3,10-11H2,1-2H3,(H,23,27)/t19-,20-/m1/s1. The molecule has 2 aromatic carbocycles. The summed E-state index contributed by atoms with van der Waals surface area (Å²) in [5.74, 6) is -0.132. The van der Waals surface area contributed by atoms with Crippen LogP contribution < -0.4 is 5.32 Å². The number of rotatable bonds is 9. The molecule has 0 saturated carbocycles. The number of amides is 1. The van der Waals surface area contributed by atoms with Crippen LogP contribution in [0.25, 0.3) is 0 Å². The van der Waals surface area contributed by atoms with E-state index in [1.807, 2.05) is 0 Å². The van der Waals surface area contributed by atoms with Crippen molar-refractivity contribution in [2.24, 2.45) is 0 Å². The number of aromatic hydroxyl groups is 1. The monoisotopic (exact) mass is 465 g/mol. The Morgan fingerprint density at radius 2 is 1.86 bits per heavy atom. The van der Waals surface area contributed by atoms with Crippen LogP contribution in [0.15, 0.2) is 46.9 Å². The lowest BCUT2D eigenvalue weighted by molar-refractivity contribution is -0.0491. The summed E-state index contributed by atoms with van der Waals surface area (Å²) in [5.41, 5.74) is 1.33. The van der Waals surface area contributed by atoms with E-state index in [9.17, 15) is 19.8 Å². The Hall–Kier alpha value is -2.42. The van der Waals surface area contributed by atoms with Gasteiger partial charge in [0.05, 0.1) is 0 Å². The SMILES string of the molecule is CCO[C@H](CCO)[C@H](OC(=O)Nc1ccc(C(C)=O)cc1)c1cc(Br)ccc1O.